The Labute approximate surface area is 208 Å². The highest BCUT2D eigenvalue weighted by Crippen LogP contribution is 2.36. The first-order chi connectivity index (χ1) is 18.0. The molecule has 0 saturated carbocycles. The molecule has 5 aromatic rings. The molecule has 0 fully saturated rings. The smallest absolute Gasteiger partial charge is 0.412 e. The third kappa shape index (κ3) is 3.63. The van der Waals surface area contributed by atoms with E-state index in [4.69, 9.17) is 14.2 Å². The van der Waals surface area contributed by atoms with Crippen LogP contribution in [0.4, 0.5) is 10.3 Å². The molecule has 0 spiro atoms. The van der Waals surface area contributed by atoms with Crippen molar-refractivity contribution >= 4 is 22.7 Å². The average Bonchev–Trinajstić information content (AvgIpc) is 3.69. The third-order valence-electron chi connectivity index (χ3n) is 6.43. The van der Waals surface area contributed by atoms with Gasteiger partial charge in [0.2, 0.25) is 11.8 Å². The summed E-state index contributed by atoms with van der Waals surface area (Å²) in [6.07, 6.45) is 2.45. The number of nitrogens with one attached hydrogen (secondary N) is 3. The number of para-hydroxylation sites is 1. The lowest BCUT2D eigenvalue weighted by molar-refractivity contribution is 0.0970. The number of hydrogen-bond acceptors (Lipinski definition) is 10. The van der Waals surface area contributed by atoms with Gasteiger partial charge in [-0.1, -0.05) is 23.3 Å². The summed E-state index contributed by atoms with van der Waals surface area (Å²) in [5, 5.41) is 23.5. The first-order valence-electron chi connectivity index (χ1n) is 11.6. The van der Waals surface area contributed by atoms with E-state index in [1.165, 1.54) is 6.07 Å². The predicted octanol–water partition coefficient (Wildman–Crippen LogP) is 2.98. The van der Waals surface area contributed by atoms with E-state index < -0.39 is 24.2 Å². The van der Waals surface area contributed by atoms with Crippen molar-refractivity contribution in [3.8, 4) is 17.5 Å². The van der Waals surface area contributed by atoms with Crippen LogP contribution in [0.5, 0.6) is 6.08 Å². The molecule has 0 radical (unpaired) electrons. The second kappa shape index (κ2) is 8.21. The van der Waals surface area contributed by atoms with Crippen molar-refractivity contribution in [2.24, 2.45) is 4.99 Å². The van der Waals surface area contributed by atoms with Gasteiger partial charge >= 0.3 is 6.08 Å². The number of aromatic hydroxyl groups is 1. The molecule has 13 heteroatoms. The van der Waals surface area contributed by atoms with Crippen LogP contribution in [0.25, 0.3) is 22.3 Å². The number of aliphatic imine (C=N–C) groups is 1. The van der Waals surface area contributed by atoms with Gasteiger partial charge in [-0.25, -0.2) is 19.2 Å². The minimum absolute atomic E-state index is 0.219. The Bertz CT molecular complexity index is 1640. The van der Waals surface area contributed by atoms with E-state index in [1.807, 2.05) is 25.1 Å². The van der Waals surface area contributed by atoms with E-state index in [2.05, 4.69) is 41.5 Å². The highest BCUT2D eigenvalue weighted by molar-refractivity contribution is 6.01. The molecule has 2 aliphatic rings. The molecule has 6 heterocycles. The second-order valence-electron chi connectivity index (χ2n) is 8.80. The fourth-order valence-corrected chi connectivity index (χ4v) is 4.87. The molecule has 2 aliphatic heterocycles. The average molecular weight is 501 g/mol. The highest BCUT2D eigenvalue weighted by Gasteiger charge is 2.40. The number of aromatic amines is 2. The van der Waals surface area contributed by atoms with Gasteiger partial charge in [0.1, 0.15) is 17.6 Å². The van der Waals surface area contributed by atoms with Crippen molar-refractivity contribution in [1.29, 1.82) is 0 Å². The molecule has 1 aromatic carbocycles. The van der Waals surface area contributed by atoms with Gasteiger partial charge in [-0.3, -0.25) is 10.3 Å². The number of fused-ring (bicyclic) bond motifs is 3. The summed E-state index contributed by atoms with van der Waals surface area (Å²) in [6.45, 7) is 1.83. The van der Waals surface area contributed by atoms with Gasteiger partial charge in [-0.2, -0.15) is 5.06 Å². The maximum Gasteiger partial charge on any atom is 0.412 e. The minimum Gasteiger partial charge on any atom is -0.465 e. The number of nitrogens with zero attached hydrogens (tertiary/aromatic N) is 6. The Balaban J connectivity index is 1.27. The zero-order valence-corrected chi connectivity index (χ0v) is 19.4. The normalized spacial score (nSPS) is 21.4. The molecule has 7 rings (SSSR count). The number of hydroxylamine groups is 1. The largest absolute Gasteiger partial charge is 0.465 e. The standard InChI is InChI=1S/C24H20FN9O3/c1-11-28-21(34(37-11)23-27-10-18(31-23)16-7-6-12(25)9-26-16)17-8-14-13-4-2-3-5-15(13)29-19(14)20(30-17)22-32-33-24(35)36-22/h2-7,9-11,17,20,29-30H,8H2,1H3,(H,27,31)(H,33,35)/t11?,17-,20?/m1/s1. The summed E-state index contributed by atoms with van der Waals surface area (Å²) < 4.78 is 18.7. The lowest BCUT2D eigenvalue weighted by Gasteiger charge is -2.31. The molecule has 0 aliphatic carbocycles. The summed E-state index contributed by atoms with van der Waals surface area (Å²) in [5.74, 6) is 0.805. The van der Waals surface area contributed by atoms with Crippen LogP contribution in [0.2, 0.25) is 0 Å². The molecule has 4 N–H and O–H groups in total. The fraction of sp³-hybridized carbons (Fsp3) is 0.208. The fourth-order valence-electron chi connectivity index (χ4n) is 4.87. The quantitative estimate of drug-likeness (QED) is 0.291. The summed E-state index contributed by atoms with van der Waals surface area (Å²) >= 11 is 0. The Hall–Kier alpha value is -4.62. The first-order valence-corrected chi connectivity index (χ1v) is 11.6. The second-order valence-corrected chi connectivity index (χ2v) is 8.80. The van der Waals surface area contributed by atoms with Gasteiger partial charge in [0.05, 0.1) is 17.9 Å². The topological polar surface area (TPSA) is 153 Å². The van der Waals surface area contributed by atoms with Crippen molar-refractivity contribution in [2.75, 3.05) is 5.06 Å². The first kappa shape index (κ1) is 21.6. The van der Waals surface area contributed by atoms with Crippen LogP contribution >= 0.6 is 0 Å². The number of benzene rings is 1. The zero-order valence-electron chi connectivity index (χ0n) is 19.4. The van der Waals surface area contributed by atoms with Crippen molar-refractivity contribution in [3.63, 3.8) is 0 Å². The summed E-state index contributed by atoms with van der Waals surface area (Å²) in [5.41, 5.74) is 3.97. The number of H-pyrrole nitrogens is 2. The minimum atomic E-state index is -0.523. The van der Waals surface area contributed by atoms with E-state index in [9.17, 15) is 9.50 Å². The maximum absolute atomic E-state index is 13.3. The van der Waals surface area contributed by atoms with Crippen LogP contribution in [0.3, 0.4) is 0 Å². The molecular weight excluding hydrogens is 481 g/mol. The Kier molecular flexibility index (Phi) is 4.81. The number of anilines is 1. The molecule has 186 valence electrons. The molecule has 0 saturated heterocycles. The Morgan fingerprint density at radius 3 is 2.84 bits per heavy atom. The molecule has 0 amide bonds. The van der Waals surface area contributed by atoms with Crippen molar-refractivity contribution < 1.29 is 18.8 Å². The number of hydrogen-bond donors (Lipinski definition) is 4. The summed E-state index contributed by atoms with van der Waals surface area (Å²) in [4.78, 5) is 26.0. The Morgan fingerprint density at radius 2 is 2.03 bits per heavy atom. The summed E-state index contributed by atoms with van der Waals surface area (Å²) in [7, 11) is 0. The molecular formula is C24H20FN9O3. The number of imidazole rings is 1. The van der Waals surface area contributed by atoms with Crippen LogP contribution in [0, 0.1) is 5.82 Å². The number of pyridine rings is 1. The zero-order chi connectivity index (χ0) is 25.1. The number of rotatable bonds is 4. The van der Waals surface area contributed by atoms with Crippen molar-refractivity contribution in [1.82, 2.24) is 35.5 Å². The monoisotopic (exact) mass is 501 g/mol. The molecule has 0 bridgehead atoms. The molecule has 3 atom stereocenters. The highest BCUT2D eigenvalue weighted by atomic mass is 19.1. The van der Waals surface area contributed by atoms with E-state index >= 15 is 0 Å². The van der Waals surface area contributed by atoms with Crippen LogP contribution < -0.4 is 10.4 Å². The summed E-state index contributed by atoms with van der Waals surface area (Å²) in [6, 6.07) is 10.0. The third-order valence-corrected chi connectivity index (χ3v) is 6.43. The van der Waals surface area contributed by atoms with E-state index in [0.717, 1.165) is 28.4 Å². The van der Waals surface area contributed by atoms with Crippen molar-refractivity contribution in [2.45, 2.75) is 31.7 Å². The van der Waals surface area contributed by atoms with Crippen LogP contribution in [0.1, 0.15) is 30.1 Å². The van der Waals surface area contributed by atoms with Gasteiger partial charge in [0, 0.05) is 22.8 Å². The predicted molar refractivity (Wildman–Crippen MR) is 129 cm³/mol. The number of halogens is 1. The van der Waals surface area contributed by atoms with Gasteiger partial charge < -0.3 is 19.5 Å². The molecule has 37 heavy (non-hydrogen) atoms. The SMILES string of the molecule is CC1N=C([C@H]2Cc3c([nH]c4ccccc34)C(c3nnc(O)o3)N2)N(c2nc(-c3ccc(F)cn3)c[nH]2)O1. The van der Waals surface area contributed by atoms with Gasteiger partial charge in [-0.15, -0.1) is 5.10 Å². The van der Waals surface area contributed by atoms with Gasteiger partial charge in [0.15, 0.2) is 12.1 Å². The van der Waals surface area contributed by atoms with E-state index in [1.54, 1.807) is 17.3 Å². The Morgan fingerprint density at radius 1 is 1.14 bits per heavy atom. The lowest BCUT2D eigenvalue weighted by atomic mass is 9.93. The van der Waals surface area contributed by atoms with Gasteiger partial charge in [0.25, 0.3) is 0 Å². The van der Waals surface area contributed by atoms with Crippen LogP contribution in [-0.2, 0) is 11.3 Å². The molecule has 4 aromatic heterocycles. The van der Waals surface area contributed by atoms with Crippen LogP contribution in [0.15, 0.2) is 58.2 Å². The number of amidine groups is 1. The number of aromatic nitrogens is 6. The lowest BCUT2D eigenvalue weighted by Crippen LogP contribution is -2.50. The van der Waals surface area contributed by atoms with E-state index in [0.29, 0.717) is 29.6 Å². The molecule has 12 nitrogen and oxygen atoms in total. The maximum atomic E-state index is 13.3. The van der Waals surface area contributed by atoms with E-state index in [-0.39, 0.29) is 11.9 Å². The molecule has 2 unspecified atom stereocenters. The van der Waals surface area contributed by atoms with Gasteiger partial charge in [-0.05, 0) is 37.1 Å². The van der Waals surface area contributed by atoms with Crippen molar-refractivity contribution in [3.05, 3.63) is 71.8 Å². The van der Waals surface area contributed by atoms with Crippen LogP contribution in [-0.4, -0.2) is 53.3 Å².